The molecule has 1 atom stereocenters. The van der Waals surface area contributed by atoms with Crippen molar-refractivity contribution < 1.29 is 13.2 Å². The minimum Gasteiger partial charge on any atom is -0.354 e. The highest BCUT2D eigenvalue weighted by molar-refractivity contribution is 7.92. The van der Waals surface area contributed by atoms with Crippen LogP contribution in [0.4, 0.5) is 5.69 Å². The lowest BCUT2D eigenvalue weighted by molar-refractivity contribution is -0.119. The molecule has 0 radical (unpaired) electrons. The Morgan fingerprint density at radius 3 is 2.45 bits per heavy atom. The van der Waals surface area contributed by atoms with Crippen LogP contribution in [-0.4, -0.2) is 33.7 Å². The molecule has 1 amide bonds. The van der Waals surface area contributed by atoms with Gasteiger partial charge in [0.25, 0.3) is 0 Å². The van der Waals surface area contributed by atoms with Gasteiger partial charge in [0, 0.05) is 6.54 Å². The van der Waals surface area contributed by atoms with Crippen molar-refractivity contribution in [2.75, 3.05) is 23.7 Å². The van der Waals surface area contributed by atoms with Crippen molar-refractivity contribution in [1.29, 1.82) is 0 Å². The SMILES string of the molecule is CC(CNC(=O)CN(c1ccc(Cl)c(Cl)c1)S(C)(=O)=O)Cc1cccc2ccccc12. The van der Waals surface area contributed by atoms with Crippen LogP contribution in [0.15, 0.2) is 60.7 Å². The largest absolute Gasteiger partial charge is 0.354 e. The van der Waals surface area contributed by atoms with Crippen molar-refractivity contribution >= 4 is 55.6 Å². The summed E-state index contributed by atoms with van der Waals surface area (Å²) in [4.78, 5) is 12.5. The number of carbonyl (C=O) groups excluding carboxylic acids is 1. The van der Waals surface area contributed by atoms with Gasteiger partial charge >= 0.3 is 0 Å². The third-order valence-corrected chi connectivity index (χ3v) is 6.85. The number of hydrogen-bond acceptors (Lipinski definition) is 3. The number of nitrogens with zero attached hydrogens (tertiary/aromatic N) is 1. The highest BCUT2D eigenvalue weighted by Gasteiger charge is 2.22. The van der Waals surface area contributed by atoms with E-state index < -0.39 is 10.0 Å². The molecule has 0 fully saturated rings. The normalized spacial score (nSPS) is 12.5. The smallest absolute Gasteiger partial charge is 0.240 e. The number of hydrogen-bond donors (Lipinski definition) is 1. The van der Waals surface area contributed by atoms with E-state index in [0.29, 0.717) is 11.6 Å². The quantitative estimate of drug-likeness (QED) is 0.500. The lowest BCUT2D eigenvalue weighted by Crippen LogP contribution is -2.41. The molecule has 0 aliphatic heterocycles. The molecule has 0 bridgehead atoms. The number of amides is 1. The van der Waals surface area contributed by atoms with Crippen LogP contribution in [0, 0.1) is 5.92 Å². The molecule has 0 heterocycles. The Kier molecular flexibility index (Phi) is 7.46. The van der Waals surface area contributed by atoms with E-state index in [1.807, 2.05) is 18.2 Å². The van der Waals surface area contributed by atoms with Gasteiger partial charge in [0.1, 0.15) is 6.54 Å². The fraction of sp³-hybridized carbons (Fsp3) is 0.261. The lowest BCUT2D eigenvalue weighted by Gasteiger charge is -2.23. The average Bonchev–Trinajstić information content (AvgIpc) is 2.72. The molecule has 0 aliphatic carbocycles. The molecular formula is C23H24Cl2N2O3S. The van der Waals surface area contributed by atoms with Crippen molar-refractivity contribution in [3.8, 4) is 0 Å². The van der Waals surface area contributed by atoms with Gasteiger partial charge in [-0.15, -0.1) is 0 Å². The van der Waals surface area contributed by atoms with E-state index >= 15 is 0 Å². The van der Waals surface area contributed by atoms with Gasteiger partial charge in [-0.05, 0) is 46.9 Å². The van der Waals surface area contributed by atoms with E-state index in [0.717, 1.165) is 17.0 Å². The maximum absolute atomic E-state index is 12.5. The standard InChI is InChI=1S/C23H24Cl2N2O3S/c1-16(12-18-8-5-7-17-6-3-4-9-20(17)18)14-26-23(28)15-27(31(2,29)30)19-10-11-21(24)22(25)13-19/h3-11,13,16H,12,14-15H2,1-2H3,(H,26,28). The first-order chi connectivity index (χ1) is 14.6. The minimum atomic E-state index is -3.68. The summed E-state index contributed by atoms with van der Waals surface area (Å²) in [6, 6.07) is 18.9. The monoisotopic (exact) mass is 478 g/mol. The highest BCUT2D eigenvalue weighted by Crippen LogP contribution is 2.28. The van der Waals surface area contributed by atoms with Crippen LogP contribution in [-0.2, 0) is 21.2 Å². The molecular weight excluding hydrogens is 455 g/mol. The van der Waals surface area contributed by atoms with Gasteiger partial charge in [-0.25, -0.2) is 8.42 Å². The molecule has 3 aromatic carbocycles. The molecule has 0 saturated heterocycles. The van der Waals surface area contributed by atoms with Crippen molar-refractivity contribution in [3.05, 3.63) is 76.3 Å². The molecule has 5 nitrogen and oxygen atoms in total. The maximum Gasteiger partial charge on any atom is 0.240 e. The van der Waals surface area contributed by atoms with E-state index in [1.54, 1.807) is 0 Å². The van der Waals surface area contributed by atoms with Gasteiger partial charge in [-0.3, -0.25) is 9.10 Å². The summed E-state index contributed by atoms with van der Waals surface area (Å²) in [6.07, 6.45) is 1.84. The molecule has 0 saturated carbocycles. The van der Waals surface area contributed by atoms with Crippen LogP contribution < -0.4 is 9.62 Å². The number of halogens is 2. The molecule has 3 rings (SSSR count). The summed E-state index contributed by atoms with van der Waals surface area (Å²) in [5.41, 5.74) is 1.50. The zero-order valence-electron chi connectivity index (χ0n) is 17.3. The Morgan fingerprint density at radius 2 is 1.74 bits per heavy atom. The van der Waals surface area contributed by atoms with Crippen molar-refractivity contribution in [1.82, 2.24) is 5.32 Å². The predicted octanol–water partition coefficient (Wildman–Crippen LogP) is 4.91. The Bertz CT molecular complexity index is 1190. The molecule has 0 spiro atoms. The summed E-state index contributed by atoms with van der Waals surface area (Å²) in [5.74, 6) is -0.215. The Labute approximate surface area is 193 Å². The molecule has 164 valence electrons. The number of fused-ring (bicyclic) bond motifs is 1. The van der Waals surface area contributed by atoms with Gasteiger partial charge in [0.05, 0.1) is 22.0 Å². The number of nitrogens with one attached hydrogen (secondary N) is 1. The third-order valence-electron chi connectivity index (χ3n) is 4.97. The van der Waals surface area contributed by atoms with Crippen LogP contribution in [0.2, 0.25) is 10.0 Å². The highest BCUT2D eigenvalue weighted by atomic mass is 35.5. The van der Waals surface area contributed by atoms with Crippen LogP contribution in [0.1, 0.15) is 12.5 Å². The number of anilines is 1. The van der Waals surface area contributed by atoms with Gasteiger partial charge in [-0.2, -0.15) is 0 Å². The van der Waals surface area contributed by atoms with Crippen LogP contribution in [0.3, 0.4) is 0 Å². The number of rotatable bonds is 8. The van der Waals surface area contributed by atoms with Crippen molar-refractivity contribution in [2.24, 2.45) is 5.92 Å². The first kappa shape index (κ1) is 23.4. The second-order valence-electron chi connectivity index (χ2n) is 7.62. The molecule has 1 N–H and O–H groups in total. The Balaban J connectivity index is 1.64. The molecule has 0 aliphatic rings. The van der Waals surface area contributed by atoms with E-state index in [-0.39, 0.29) is 29.1 Å². The van der Waals surface area contributed by atoms with Gasteiger partial charge < -0.3 is 5.32 Å². The first-order valence-electron chi connectivity index (χ1n) is 9.81. The fourth-order valence-electron chi connectivity index (χ4n) is 3.43. The summed E-state index contributed by atoms with van der Waals surface area (Å²) >= 11 is 11.9. The second-order valence-corrected chi connectivity index (χ2v) is 10.3. The predicted molar refractivity (Wildman–Crippen MR) is 128 cm³/mol. The molecule has 1 unspecified atom stereocenters. The second kappa shape index (κ2) is 9.90. The van der Waals surface area contributed by atoms with E-state index in [1.165, 1.54) is 34.5 Å². The maximum atomic E-state index is 12.5. The van der Waals surface area contributed by atoms with Crippen molar-refractivity contribution in [3.63, 3.8) is 0 Å². The molecule has 0 aromatic heterocycles. The summed E-state index contributed by atoms with van der Waals surface area (Å²) < 4.78 is 25.5. The zero-order valence-corrected chi connectivity index (χ0v) is 19.6. The first-order valence-corrected chi connectivity index (χ1v) is 12.4. The minimum absolute atomic E-state index is 0.173. The topological polar surface area (TPSA) is 66.5 Å². The summed E-state index contributed by atoms with van der Waals surface area (Å²) in [7, 11) is -3.68. The van der Waals surface area contributed by atoms with E-state index in [9.17, 15) is 13.2 Å². The van der Waals surface area contributed by atoms with Crippen LogP contribution in [0.5, 0.6) is 0 Å². The molecule has 8 heteroatoms. The summed E-state index contributed by atoms with van der Waals surface area (Å²) in [6.45, 7) is 2.15. The molecule has 3 aromatic rings. The van der Waals surface area contributed by atoms with Gasteiger partial charge in [0.15, 0.2) is 0 Å². The molecule has 31 heavy (non-hydrogen) atoms. The van der Waals surface area contributed by atoms with Gasteiger partial charge in [0.2, 0.25) is 15.9 Å². The number of sulfonamides is 1. The van der Waals surface area contributed by atoms with E-state index in [4.69, 9.17) is 23.2 Å². The fourth-order valence-corrected chi connectivity index (χ4v) is 4.57. The number of benzene rings is 3. The van der Waals surface area contributed by atoms with Crippen LogP contribution >= 0.6 is 23.2 Å². The summed E-state index contributed by atoms with van der Waals surface area (Å²) in [5, 5.41) is 5.76. The average molecular weight is 479 g/mol. The Hall–Kier alpha value is -2.28. The lowest BCUT2D eigenvalue weighted by atomic mass is 9.96. The Morgan fingerprint density at radius 1 is 1.03 bits per heavy atom. The number of carbonyl (C=O) groups is 1. The van der Waals surface area contributed by atoms with Gasteiger partial charge in [-0.1, -0.05) is 72.6 Å². The zero-order chi connectivity index (χ0) is 22.6. The van der Waals surface area contributed by atoms with Crippen LogP contribution in [0.25, 0.3) is 10.8 Å². The third kappa shape index (κ3) is 6.12. The van der Waals surface area contributed by atoms with E-state index in [2.05, 4.69) is 36.5 Å². The van der Waals surface area contributed by atoms with Crippen molar-refractivity contribution in [2.45, 2.75) is 13.3 Å².